The minimum atomic E-state index is -6.68. The molecule has 0 spiro atoms. The summed E-state index contributed by atoms with van der Waals surface area (Å²) in [5.74, 6) is -14.7. The molecule has 0 fully saturated rings. The SMILES string of the molecule is C=CC(=O)OC(OCCC(F)(F)C(F)(F)S(=O)(=O)O)(C(=O)OCc1ccccc1)C(F)(F)F. The Labute approximate surface area is 181 Å². The molecule has 33 heavy (non-hydrogen) atoms. The third-order valence-electron chi connectivity index (χ3n) is 3.74. The zero-order valence-corrected chi connectivity index (χ0v) is 17.0. The summed E-state index contributed by atoms with van der Waals surface area (Å²) in [4.78, 5) is 23.6. The highest BCUT2D eigenvalue weighted by molar-refractivity contribution is 7.87. The van der Waals surface area contributed by atoms with E-state index in [0.29, 0.717) is 0 Å². The highest BCUT2D eigenvalue weighted by Crippen LogP contribution is 2.42. The Bertz CT molecular complexity index is 963. The van der Waals surface area contributed by atoms with E-state index in [4.69, 9.17) is 4.55 Å². The molecule has 1 rings (SSSR count). The van der Waals surface area contributed by atoms with Crippen LogP contribution in [0.2, 0.25) is 0 Å². The van der Waals surface area contributed by atoms with Crippen LogP contribution < -0.4 is 0 Å². The summed E-state index contributed by atoms with van der Waals surface area (Å²) in [6.07, 6.45) is -8.30. The van der Waals surface area contributed by atoms with E-state index < -0.39 is 64.8 Å². The van der Waals surface area contributed by atoms with Crippen molar-refractivity contribution in [2.24, 2.45) is 0 Å². The van der Waals surface area contributed by atoms with E-state index in [2.05, 4.69) is 20.8 Å². The monoisotopic (exact) mass is 512 g/mol. The van der Waals surface area contributed by atoms with E-state index in [9.17, 15) is 48.7 Å². The van der Waals surface area contributed by atoms with Gasteiger partial charge in [0.15, 0.2) is 0 Å². The van der Waals surface area contributed by atoms with Gasteiger partial charge in [0.1, 0.15) is 6.61 Å². The average Bonchev–Trinajstić information content (AvgIpc) is 2.69. The Balaban J connectivity index is 3.22. The van der Waals surface area contributed by atoms with Crippen molar-refractivity contribution in [1.82, 2.24) is 0 Å². The van der Waals surface area contributed by atoms with E-state index in [1.165, 1.54) is 30.3 Å². The van der Waals surface area contributed by atoms with E-state index in [0.717, 1.165) is 0 Å². The van der Waals surface area contributed by atoms with Crippen molar-refractivity contribution < 1.29 is 67.5 Å². The van der Waals surface area contributed by atoms with Crippen molar-refractivity contribution >= 4 is 22.1 Å². The fraction of sp³-hybridized carbons (Fsp3) is 0.412. The van der Waals surface area contributed by atoms with Gasteiger partial charge in [-0.3, -0.25) is 4.55 Å². The number of hydrogen-bond acceptors (Lipinski definition) is 7. The van der Waals surface area contributed by atoms with Crippen molar-refractivity contribution in [1.29, 1.82) is 0 Å². The van der Waals surface area contributed by atoms with Crippen LogP contribution in [0, 0.1) is 0 Å². The summed E-state index contributed by atoms with van der Waals surface area (Å²) in [6, 6.07) is 6.99. The number of ether oxygens (including phenoxy) is 3. The molecule has 0 aromatic heterocycles. The number of hydrogen-bond donors (Lipinski definition) is 1. The maximum Gasteiger partial charge on any atom is 0.468 e. The Morgan fingerprint density at radius 3 is 2.03 bits per heavy atom. The standard InChI is InChI=1S/C17H15F7O8S/c1-2-12(25)32-15(16(20,21)22,13(26)30-10-11-6-4-3-5-7-11)31-9-8-14(18,19)17(23,24)33(27,28)29/h2-7H,1,8-10H2,(H,27,28,29). The van der Waals surface area contributed by atoms with Crippen LogP contribution in [0.4, 0.5) is 30.7 Å². The highest BCUT2D eigenvalue weighted by atomic mass is 32.2. The molecule has 1 aromatic carbocycles. The molecule has 1 N–H and O–H groups in total. The number of benzene rings is 1. The van der Waals surface area contributed by atoms with Crippen molar-refractivity contribution in [3.63, 3.8) is 0 Å². The van der Waals surface area contributed by atoms with Crippen LogP contribution >= 0.6 is 0 Å². The van der Waals surface area contributed by atoms with Gasteiger partial charge in [-0.2, -0.15) is 39.2 Å². The van der Waals surface area contributed by atoms with E-state index >= 15 is 0 Å². The largest absolute Gasteiger partial charge is 0.468 e. The molecule has 16 heteroatoms. The van der Waals surface area contributed by atoms with Gasteiger partial charge in [-0.05, 0) is 5.56 Å². The normalized spacial score (nSPS) is 14.8. The predicted molar refractivity (Wildman–Crippen MR) is 93.3 cm³/mol. The van der Waals surface area contributed by atoms with Crippen LogP contribution in [0.3, 0.4) is 0 Å². The van der Waals surface area contributed by atoms with Gasteiger partial charge in [-0.15, -0.1) is 0 Å². The van der Waals surface area contributed by atoms with Gasteiger partial charge in [0, 0.05) is 12.5 Å². The molecule has 0 heterocycles. The molecule has 186 valence electrons. The lowest BCUT2D eigenvalue weighted by atomic mass is 10.2. The molecule has 0 amide bonds. The summed E-state index contributed by atoms with van der Waals surface area (Å²) in [6.45, 7) is -0.143. The minimum Gasteiger partial charge on any atom is -0.456 e. The van der Waals surface area contributed by atoms with Crippen LogP contribution in [0.25, 0.3) is 0 Å². The van der Waals surface area contributed by atoms with Crippen LogP contribution in [0.5, 0.6) is 0 Å². The van der Waals surface area contributed by atoms with Crippen LogP contribution in [0.1, 0.15) is 12.0 Å². The summed E-state index contributed by atoms with van der Waals surface area (Å²) >= 11 is 0. The lowest BCUT2D eigenvalue weighted by Crippen LogP contribution is -2.58. The maximum absolute atomic E-state index is 13.7. The number of rotatable bonds is 11. The first-order valence-corrected chi connectivity index (χ1v) is 9.85. The topological polar surface area (TPSA) is 116 Å². The van der Waals surface area contributed by atoms with Crippen molar-refractivity contribution in [3.05, 3.63) is 48.6 Å². The number of carbonyl (C=O) groups excluding carboxylic acids is 2. The summed E-state index contributed by atoms with van der Waals surface area (Å²) < 4.78 is 136. The van der Waals surface area contributed by atoms with Crippen molar-refractivity contribution in [2.45, 2.75) is 36.2 Å². The molecule has 0 saturated carbocycles. The predicted octanol–water partition coefficient (Wildman–Crippen LogP) is 3.24. The van der Waals surface area contributed by atoms with E-state index in [1.807, 2.05) is 0 Å². The van der Waals surface area contributed by atoms with Crippen LogP contribution in [-0.2, 0) is 40.5 Å². The quantitative estimate of drug-likeness (QED) is 0.158. The van der Waals surface area contributed by atoms with E-state index in [-0.39, 0.29) is 11.6 Å². The average molecular weight is 512 g/mol. The summed E-state index contributed by atoms with van der Waals surface area (Å²) in [5.41, 5.74) is 0.149. The van der Waals surface area contributed by atoms with Gasteiger partial charge in [0.05, 0.1) is 6.61 Å². The third-order valence-corrected chi connectivity index (χ3v) is 4.68. The first-order chi connectivity index (χ1) is 14.9. The van der Waals surface area contributed by atoms with Crippen LogP contribution in [0.15, 0.2) is 43.0 Å². The molecule has 0 aliphatic rings. The van der Waals surface area contributed by atoms with Gasteiger partial charge in [0.2, 0.25) is 0 Å². The van der Waals surface area contributed by atoms with Gasteiger partial charge in [0.25, 0.3) is 0 Å². The second-order valence-corrected chi connectivity index (χ2v) is 7.56. The molecule has 0 bridgehead atoms. The fourth-order valence-electron chi connectivity index (χ4n) is 2.04. The van der Waals surface area contributed by atoms with Gasteiger partial charge >= 0.3 is 45.2 Å². The lowest BCUT2D eigenvalue weighted by Gasteiger charge is -2.32. The highest BCUT2D eigenvalue weighted by Gasteiger charge is 2.69. The Kier molecular flexibility index (Phi) is 8.62. The number of alkyl halides is 7. The van der Waals surface area contributed by atoms with Gasteiger partial charge in [-0.25, -0.2) is 9.59 Å². The molecule has 8 nitrogen and oxygen atoms in total. The Morgan fingerprint density at radius 2 is 1.58 bits per heavy atom. The van der Waals surface area contributed by atoms with Gasteiger partial charge < -0.3 is 14.2 Å². The molecule has 1 atom stereocenters. The molecule has 0 saturated heterocycles. The summed E-state index contributed by atoms with van der Waals surface area (Å²) in [7, 11) is -6.68. The molecule has 0 aliphatic carbocycles. The van der Waals surface area contributed by atoms with E-state index in [1.54, 1.807) is 0 Å². The second kappa shape index (κ2) is 10.0. The Morgan fingerprint density at radius 1 is 1.03 bits per heavy atom. The van der Waals surface area contributed by atoms with Gasteiger partial charge in [-0.1, -0.05) is 36.9 Å². The van der Waals surface area contributed by atoms with Crippen molar-refractivity contribution in [3.8, 4) is 0 Å². The zero-order valence-electron chi connectivity index (χ0n) is 16.2. The molecule has 1 aromatic rings. The molecular formula is C17H15F7O8S. The fourth-order valence-corrected chi connectivity index (χ4v) is 2.52. The minimum absolute atomic E-state index is 0.148. The molecule has 1 unspecified atom stereocenters. The zero-order chi connectivity index (χ0) is 25.7. The summed E-state index contributed by atoms with van der Waals surface area (Å²) in [5, 5.41) is -6.12. The van der Waals surface area contributed by atoms with Crippen molar-refractivity contribution in [2.75, 3.05) is 6.61 Å². The molecular weight excluding hydrogens is 497 g/mol. The van der Waals surface area contributed by atoms with Crippen LogP contribution in [-0.4, -0.2) is 54.7 Å². The lowest BCUT2D eigenvalue weighted by molar-refractivity contribution is -0.357. The smallest absolute Gasteiger partial charge is 0.456 e. The third kappa shape index (κ3) is 6.42. The number of esters is 2. The first kappa shape index (κ1) is 28.3. The second-order valence-electron chi connectivity index (χ2n) is 6.10. The molecule has 0 aliphatic heterocycles. The number of carbonyl (C=O) groups is 2. The number of halogens is 7. The first-order valence-electron chi connectivity index (χ1n) is 8.41. The molecule has 0 radical (unpaired) electrons. The maximum atomic E-state index is 13.7. The Hall–Kier alpha value is -2.72.